The Morgan fingerprint density at radius 2 is 2.00 bits per heavy atom. The number of hydrogen-bond donors (Lipinski definition) is 1. The number of alkyl halides is 3. The molecule has 1 N–H and O–H groups in total. The van der Waals surface area contributed by atoms with Gasteiger partial charge in [-0.3, -0.25) is 0 Å². The smallest absolute Gasteiger partial charge is 0.416 e. The van der Waals surface area contributed by atoms with Gasteiger partial charge in [-0.05, 0) is 43.4 Å². The third-order valence-electron chi connectivity index (χ3n) is 4.70. The molecule has 0 fully saturated rings. The Balaban J connectivity index is 2.58. The molecule has 0 radical (unpaired) electrons. The van der Waals surface area contributed by atoms with E-state index in [1.165, 1.54) is 6.07 Å². The van der Waals surface area contributed by atoms with Crippen molar-refractivity contribution >= 4 is 11.7 Å². The Morgan fingerprint density at radius 3 is 2.52 bits per heavy atom. The molecule has 1 aliphatic heterocycles. The summed E-state index contributed by atoms with van der Waals surface area (Å²) in [6.07, 6.45) is -2.88. The first-order valence-corrected chi connectivity index (χ1v) is 9.16. The number of ether oxygens (including phenoxy) is 1. The summed E-state index contributed by atoms with van der Waals surface area (Å²) in [6, 6.07) is 3.48. The van der Waals surface area contributed by atoms with Crippen LogP contribution in [0.5, 0.6) is 0 Å². The summed E-state index contributed by atoms with van der Waals surface area (Å²) < 4.78 is 45.3. The van der Waals surface area contributed by atoms with Gasteiger partial charge in [-0.2, -0.15) is 13.2 Å². The van der Waals surface area contributed by atoms with Crippen molar-refractivity contribution in [3.63, 3.8) is 0 Å². The summed E-state index contributed by atoms with van der Waals surface area (Å²) in [6.45, 7) is 8.16. The molecule has 1 aromatic carbocycles. The molecular formula is C20H26F3NO3. The van der Waals surface area contributed by atoms with Crippen molar-refractivity contribution in [3.05, 3.63) is 40.8 Å². The van der Waals surface area contributed by atoms with Crippen LogP contribution in [0.25, 0.3) is 0 Å². The topological polar surface area (TPSA) is 49.8 Å². The van der Waals surface area contributed by atoms with Crippen molar-refractivity contribution in [2.24, 2.45) is 5.92 Å². The number of carbonyl (C=O) groups is 1. The van der Waals surface area contributed by atoms with Gasteiger partial charge < -0.3 is 14.7 Å². The summed E-state index contributed by atoms with van der Waals surface area (Å²) in [5.74, 6) is -1.10. The molecule has 0 bridgehead atoms. The van der Waals surface area contributed by atoms with E-state index in [1.54, 1.807) is 18.7 Å². The van der Waals surface area contributed by atoms with Crippen LogP contribution < -0.4 is 4.90 Å². The van der Waals surface area contributed by atoms with Crippen molar-refractivity contribution in [2.75, 3.05) is 18.1 Å². The van der Waals surface area contributed by atoms with Gasteiger partial charge in [0.1, 0.15) is 5.57 Å². The van der Waals surface area contributed by atoms with Crippen LogP contribution >= 0.6 is 0 Å². The second kappa shape index (κ2) is 8.23. The van der Waals surface area contributed by atoms with Crippen LogP contribution in [0.15, 0.2) is 29.7 Å². The van der Waals surface area contributed by atoms with E-state index in [0.29, 0.717) is 30.1 Å². The van der Waals surface area contributed by atoms with Gasteiger partial charge in [-0.1, -0.05) is 26.8 Å². The molecule has 0 amide bonds. The predicted octanol–water partition coefficient (Wildman–Crippen LogP) is 5.40. The fourth-order valence-corrected chi connectivity index (χ4v) is 3.36. The zero-order chi connectivity index (χ0) is 20.4. The normalized spacial score (nSPS) is 17.3. The minimum Gasteiger partial charge on any atom is -0.479 e. The first kappa shape index (κ1) is 21.1. The maximum absolute atomic E-state index is 13.2. The standard InChI is InChI=1S/C20H26F3NO3/c1-5-27-18-17(19(25)26)13(4)15-9-8-14(20(21,22)23)11-16(15)24(18)10-6-7-12(2)3/h8-9,11-13H,5-7,10H2,1-4H3,(H,25,26). The van der Waals surface area contributed by atoms with E-state index in [4.69, 9.17) is 4.74 Å². The lowest BCUT2D eigenvalue weighted by atomic mass is 9.87. The number of halogens is 3. The van der Waals surface area contributed by atoms with Gasteiger partial charge in [0.15, 0.2) is 0 Å². The Labute approximate surface area is 157 Å². The van der Waals surface area contributed by atoms with E-state index in [9.17, 15) is 23.1 Å². The van der Waals surface area contributed by atoms with Crippen LogP contribution in [0, 0.1) is 5.92 Å². The van der Waals surface area contributed by atoms with Crippen LogP contribution in [-0.4, -0.2) is 24.2 Å². The van der Waals surface area contributed by atoms with E-state index >= 15 is 0 Å². The monoisotopic (exact) mass is 385 g/mol. The lowest BCUT2D eigenvalue weighted by Crippen LogP contribution is -2.34. The Kier molecular flexibility index (Phi) is 6.44. The highest BCUT2D eigenvalue weighted by molar-refractivity contribution is 5.92. The largest absolute Gasteiger partial charge is 0.479 e. The van der Waals surface area contributed by atoms with E-state index < -0.39 is 23.6 Å². The third-order valence-corrected chi connectivity index (χ3v) is 4.70. The SMILES string of the molecule is CCOC1=C(C(=O)O)C(C)c2ccc(C(F)(F)F)cc2N1CCCC(C)C. The molecule has 1 unspecified atom stereocenters. The lowest BCUT2D eigenvalue weighted by molar-refractivity contribution is -0.137. The summed E-state index contributed by atoms with van der Waals surface area (Å²) in [5, 5.41) is 9.70. The van der Waals surface area contributed by atoms with Crippen molar-refractivity contribution in [2.45, 2.75) is 52.6 Å². The molecule has 1 atom stereocenters. The summed E-state index contributed by atoms with van der Waals surface area (Å²) >= 11 is 0. The summed E-state index contributed by atoms with van der Waals surface area (Å²) in [7, 11) is 0. The van der Waals surface area contributed by atoms with Gasteiger partial charge >= 0.3 is 12.1 Å². The van der Waals surface area contributed by atoms with E-state index in [1.807, 2.05) is 0 Å². The fraction of sp³-hybridized carbons (Fsp3) is 0.550. The third kappa shape index (κ3) is 4.57. The number of fused-ring (bicyclic) bond motifs is 1. The molecule has 0 aliphatic carbocycles. The summed E-state index contributed by atoms with van der Waals surface area (Å²) in [4.78, 5) is 13.5. The highest BCUT2D eigenvalue weighted by atomic mass is 19.4. The van der Waals surface area contributed by atoms with Crippen molar-refractivity contribution in [1.82, 2.24) is 0 Å². The molecule has 7 heteroatoms. The quantitative estimate of drug-likeness (QED) is 0.683. The molecule has 0 spiro atoms. The van der Waals surface area contributed by atoms with Crippen LogP contribution in [0.3, 0.4) is 0 Å². The number of rotatable bonds is 7. The van der Waals surface area contributed by atoms with Gasteiger partial charge in [0.25, 0.3) is 0 Å². The lowest BCUT2D eigenvalue weighted by Gasteiger charge is -2.37. The molecular weight excluding hydrogens is 359 g/mol. The highest BCUT2D eigenvalue weighted by Crippen LogP contribution is 2.44. The minimum absolute atomic E-state index is 0.0775. The van der Waals surface area contributed by atoms with Gasteiger partial charge in [0, 0.05) is 18.2 Å². The summed E-state index contributed by atoms with van der Waals surface area (Å²) in [5.41, 5.74) is 0.258. The van der Waals surface area contributed by atoms with Crippen LogP contribution in [-0.2, 0) is 15.7 Å². The number of anilines is 1. The molecule has 1 heterocycles. The maximum atomic E-state index is 13.2. The molecule has 1 aliphatic rings. The molecule has 2 rings (SSSR count). The van der Waals surface area contributed by atoms with Gasteiger partial charge in [0.05, 0.1) is 12.2 Å². The van der Waals surface area contributed by atoms with Crippen LogP contribution in [0.1, 0.15) is 57.6 Å². The predicted molar refractivity (Wildman–Crippen MR) is 97.6 cm³/mol. The second-order valence-electron chi connectivity index (χ2n) is 7.14. The molecule has 4 nitrogen and oxygen atoms in total. The maximum Gasteiger partial charge on any atom is 0.416 e. The Bertz CT molecular complexity index is 726. The number of nitrogens with zero attached hydrogens (tertiary/aromatic N) is 1. The second-order valence-corrected chi connectivity index (χ2v) is 7.14. The van der Waals surface area contributed by atoms with Crippen molar-refractivity contribution < 1.29 is 27.8 Å². The highest BCUT2D eigenvalue weighted by Gasteiger charge is 2.38. The van der Waals surface area contributed by atoms with Crippen LogP contribution in [0.2, 0.25) is 0 Å². The van der Waals surface area contributed by atoms with Crippen molar-refractivity contribution in [1.29, 1.82) is 0 Å². The molecule has 0 aromatic heterocycles. The first-order valence-electron chi connectivity index (χ1n) is 9.16. The zero-order valence-corrected chi connectivity index (χ0v) is 16.1. The van der Waals surface area contributed by atoms with Gasteiger partial charge in [0.2, 0.25) is 5.88 Å². The molecule has 0 saturated carbocycles. The van der Waals surface area contributed by atoms with E-state index in [0.717, 1.165) is 18.6 Å². The average molecular weight is 385 g/mol. The molecule has 27 heavy (non-hydrogen) atoms. The van der Waals surface area contributed by atoms with Gasteiger partial charge in [-0.15, -0.1) is 0 Å². The molecule has 150 valence electrons. The number of benzene rings is 1. The molecule has 1 aromatic rings. The number of hydrogen-bond acceptors (Lipinski definition) is 3. The Hall–Kier alpha value is -2.18. The van der Waals surface area contributed by atoms with Crippen LogP contribution in [0.4, 0.5) is 18.9 Å². The number of carboxylic acids is 1. The Morgan fingerprint density at radius 1 is 1.33 bits per heavy atom. The van der Waals surface area contributed by atoms with E-state index in [2.05, 4.69) is 13.8 Å². The van der Waals surface area contributed by atoms with E-state index in [-0.39, 0.29) is 18.1 Å². The fourth-order valence-electron chi connectivity index (χ4n) is 3.36. The number of carboxylic acid groups (broad SMARTS) is 1. The zero-order valence-electron chi connectivity index (χ0n) is 16.1. The molecule has 0 saturated heterocycles. The van der Waals surface area contributed by atoms with Gasteiger partial charge in [-0.25, -0.2) is 4.79 Å². The average Bonchev–Trinajstić information content (AvgIpc) is 2.56. The van der Waals surface area contributed by atoms with Crippen molar-refractivity contribution in [3.8, 4) is 0 Å². The first-order chi connectivity index (χ1) is 12.6. The minimum atomic E-state index is -4.47. The number of aliphatic carboxylic acids is 1.